The summed E-state index contributed by atoms with van der Waals surface area (Å²) >= 11 is 0. The predicted octanol–water partition coefficient (Wildman–Crippen LogP) is 1.74. The highest BCUT2D eigenvalue weighted by Gasteiger charge is 2.06. The summed E-state index contributed by atoms with van der Waals surface area (Å²) in [6.45, 7) is 0. The Labute approximate surface area is 144 Å². The Morgan fingerprint density at radius 3 is 2.56 bits per heavy atom. The molecule has 0 saturated heterocycles. The zero-order valence-corrected chi connectivity index (χ0v) is 13.2. The summed E-state index contributed by atoms with van der Waals surface area (Å²) in [5, 5.41) is 4.23. The number of aromatic nitrogens is 3. The van der Waals surface area contributed by atoms with Gasteiger partial charge < -0.3 is 0 Å². The fraction of sp³-hybridized carbons (Fsp3) is 0. The van der Waals surface area contributed by atoms with E-state index < -0.39 is 11.8 Å². The van der Waals surface area contributed by atoms with Gasteiger partial charge in [-0.2, -0.15) is 5.10 Å². The van der Waals surface area contributed by atoms with Crippen LogP contribution < -0.4 is 10.9 Å². The van der Waals surface area contributed by atoms with Crippen LogP contribution in [0, 0.1) is 0 Å². The first-order valence-corrected chi connectivity index (χ1v) is 7.52. The number of carbonyl (C=O) groups is 2. The van der Waals surface area contributed by atoms with Gasteiger partial charge in [0.2, 0.25) is 0 Å². The lowest BCUT2D eigenvalue weighted by Gasteiger charge is -2.03. The summed E-state index contributed by atoms with van der Waals surface area (Å²) in [6.07, 6.45) is 7.86. The SMILES string of the molecule is O=C(/C=C/c1cnn(-c2ccccc2)c1)NNC(=O)c1ccccn1. The first kappa shape index (κ1) is 16.1. The number of hydrogen-bond acceptors (Lipinski definition) is 4. The smallest absolute Gasteiger partial charge is 0.268 e. The van der Waals surface area contributed by atoms with Crippen LogP contribution in [-0.4, -0.2) is 26.6 Å². The van der Waals surface area contributed by atoms with Crippen molar-refractivity contribution in [1.82, 2.24) is 25.6 Å². The molecule has 0 fully saturated rings. The van der Waals surface area contributed by atoms with Crippen molar-refractivity contribution in [3.05, 3.63) is 84.5 Å². The van der Waals surface area contributed by atoms with Gasteiger partial charge in [-0.05, 0) is 30.3 Å². The van der Waals surface area contributed by atoms with E-state index in [1.807, 2.05) is 30.3 Å². The number of hydrogen-bond donors (Lipinski definition) is 2. The minimum atomic E-state index is -0.487. The molecule has 0 saturated carbocycles. The number of benzene rings is 1. The van der Waals surface area contributed by atoms with E-state index in [9.17, 15) is 9.59 Å². The Morgan fingerprint density at radius 1 is 1.00 bits per heavy atom. The second-order valence-corrected chi connectivity index (χ2v) is 5.05. The van der Waals surface area contributed by atoms with Crippen molar-refractivity contribution >= 4 is 17.9 Å². The summed E-state index contributed by atoms with van der Waals surface area (Å²) in [5.41, 5.74) is 6.49. The highest BCUT2D eigenvalue weighted by Crippen LogP contribution is 2.08. The summed E-state index contributed by atoms with van der Waals surface area (Å²) in [6, 6.07) is 14.6. The molecular formula is C18H15N5O2. The highest BCUT2D eigenvalue weighted by atomic mass is 16.2. The van der Waals surface area contributed by atoms with Gasteiger partial charge in [0.15, 0.2) is 0 Å². The van der Waals surface area contributed by atoms with Crippen molar-refractivity contribution < 1.29 is 9.59 Å². The van der Waals surface area contributed by atoms with E-state index in [2.05, 4.69) is 20.9 Å². The first-order chi connectivity index (χ1) is 12.2. The number of hydrazine groups is 1. The predicted molar refractivity (Wildman–Crippen MR) is 92.4 cm³/mol. The Hall–Kier alpha value is -3.74. The molecule has 0 unspecified atom stereocenters. The van der Waals surface area contributed by atoms with Crippen LogP contribution in [-0.2, 0) is 4.79 Å². The van der Waals surface area contributed by atoms with Gasteiger partial charge in [0.05, 0.1) is 11.9 Å². The monoisotopic (exact) mass is 333 g/mol. The van der Waals surface area contributed by atoms with Crippen LogP contribution in [0.25, 0.3) is 11.8 Å². The number of carbonyl (C=O) groups excluding carboxylic acids is 2. The van der Waals surface area contributed by atoms with E-state index in [0.29, 0.717) is 0 Å². The molecule has 2 N–H and O–H groups in total. The molecular weight excluding hydrogens is 318 g/mol. The quantitative estimate of drug-likeness (QED) is 0.562. The second-order valence-electron chi connectivity index (χ2n) is 5.05. The molecule has 0 spiro atoms. The fourth-order valence-electron chi connectivity index (χ4n) is 2.04. The van der Waals surface area contributed by atoms with Crippen LogP contribution in [0.1, 0.15) is 16.1 Å². The molecule has 1 aromatic carbocycles. The van der Waals surface area contributed by atoms with Gasteiger partial charge in [0.25, 0.3) is 11.8 Å². The zero-order chi connectivity index (χ0) is 17.5. The number of pyridine rings is 1. The summed E-state index contributed by atoms with van der Waals surface area (Å²) in [7, 11) is 0. The average molecular weight is 333 g/mol. The minimum absolute atomic E-state index is 0.218. The maximum absolute atomic E-state index is 11.8. The van der Waals surface area contributed by atoms with E-state index in [1.165, 1.54) is 12.3 Å². The van der Waals surface area contributed by atoms with Crippen molar-refractivity contribution in [3.63, 3.8) is 0 Å². The van der Waals surface area contributed by atoms with Crippen molar-refractivity contribution in [3.8, 4) is 5.69 Å². The third-order valence-corrected chi connectivity index (χ3v) is 3.25. The van der Waals surface area contributed by atoms with Gasteiger partial charge >= 0.3 is 0 Å². The van der Waals surface area contributed by atoms with Gasteiger partial charge in [-0.3, -0.25) is 25.4 Å². The molecule has 3 aromatic rings. The van der Waals surface area contributed by atoms with Crippen molar-refractivity contribution in [2.45, 2.75) is 0 Å². The number of nitrogens with zero attached hydrogens (tertiary/aromatic N) is 3. The van der Waals surface area contributed by atoms with E-state index >= 15 is 0 Å². The van der Waals surface area contributed by atoms with E-state index in [0.717, 1.165) is 11.3 Å². The standard InChI is InChI=1S/C18H15N5O2/c24-17(21-22-18(25)16-8-4-5-11-19-16)10-9-14-12-20-23(13-14)15-6-2-1-3-7-15/h1-13H,(H,21,24)(H,22,25)/b10-9+. The van der Waals surface area contributed by atoms with Crippen molar-refractivity contribution in [2.75, 3.05) is 0 Å². The molecule has 25 heavy (non-hydrogen) atoms. The molecule has 0 bridgehead atoms. The third-order valence-electron chi connectivity index (χ3n) is 3.25. The van der Waals surface area contributed by atoms with Crippen molar-refractivity contribution in [1.29, 1.82) is 0 Å². The molecule has 7 nitrogen and oxygen atoms in total. The zero-order valence-electron chi connectivity index (χ0n) is 13.2. The Balaban J connectivity index is 1.55. The number of amides is 2. The molecule has 3 rings (SSSR count). The summed E-state index contributed by atoms with van der Waals surface area (Å²) < 4.78 is 1.71. The third kappa shape index (κ3) is 4.38. The lowest BCUT2D eigenvalue weighted by molar-refractivity contribution is -0.117. The Morgan fingerprint density at radius 2 is 1.80 bits per heavy atom. The van der Waals surface area contributed by atoms with Crippen LogP contribution >= 0.6 is 0 Å². The lowest BCUT2D eigenvalue weighted by atomic mass is 10.3. The number of para-hydroxylation sites is 1. The fourth-order valence-corrected chi connectivity index (χ4v) is 2.04. The molecule has 0 aliphatic carbocycles. The number of rotatable bonds is 4. The number of nitrogens with one attached hydrogen (secondary N) is 2. The van der Waals surface area contributed by atoms with E-state index in [4.69, 9.17) is 0 Å². The van der Waals surface area contributed by atoms with Gasteiger partial charge in [0, 0.05) is 24.0 Å². The first-order valence-electron chi connectivity index (χ1n) is 7.52. The molecule has 2 heterocycles. The summed E-state index contributed by atoms with van der Waals surface area (Å²) in [4.78, 5) is 27.4. The van der Waals surface area contributed by atoms with Gasteiger partial charge in [0.1, 0.15) is 5.69 Å². The Bertz CT molecular complexity index is 888. The molecule has 2 amide bonds. The van der Waals surface area contributed by atoms with Gasteiger partial charge in [-0.15, -0.1) is 0 Å². The van der Waals surface area contributed by atoms with Gasteiger partial charge in [-0.1, -0.05) is 24.3 Å². The van der Waals surface area contributed by atoms with E-state index in [1.54, 1.807) is 41.4 Å². The molecule has 0 radical (unpaired) electrons. The topological polar surface area (TPSA) is 88.9 Å². The van der Waals surface area contributed by atoms with Crippen LogP contribution in [0.3, 0.4) is 0 Å². The largest absolute Gasteiger partial charge is 0.288 e. The Kier molecular flexibility index (Phi) is 4.96. The molecule has 7 heteroatoms. The molecule has 124 valence electrons. The van der Waals surface area contributed by atoms with Crippen LogP contribution in [0.15, 0.2) is 73.2 Å². The molecule has 0 atom stereocenters. The maximum Gasteiger partial charge on any atom is 0.288 e. The van der Waals surface area contributed by atoms with Crippen LogP contribution in [0.5, 0.6) is 0 Å². The summed E-state index contributed by atoms with van der Waals surface area (Å²) in [5.74, 6) is -0.948. The van der Waals surface area contributed by atoms with E-state index in [-0.39, 0.29) is 5.69 Å². The van der Waals surface area contributed by atoms with Gasteiger partial charge in [-0.25, -0.2) is 4.68 Å². The van der Waals surface area contributed by atoms with Crippen LogP contribution in [0.2, 0.25) is 0 Å². The normalized spacial score (nSPS) is 10.6. The molecule has 2 aromatic heterocycles. The average Bonchev–Trinajstić information content (AvgIpc) is 3.15. The second kappa shape index (κ2) is 7.69. The van der Waals surface area contributed by atoms with Crippen LogP contribution in [0.4, 0.5) is 0 Å². The lowest BCUT2D eigenvalue weighted by Crippen LogP contribution is -2.41. The highest BCUT2D eigenvalue weighted by molar-refractivity contribution is 5.96. The maximum atomic E-state index is 11.8. The molecule has 0 aliphatic heterocycles. The minimum Gasteiger partial charge on any atom is -0.268 e. The van der Waals surface area contributed by atoms with Crippen molar-refractivity contribution in [2.24, 2.45) is 0 Å². The molecule has 0 aliphatic rings.